The standard InChI is InChI=1S/C21H16Cl2N2O/c1-13(26)14-8-9-20-19(11-14)24-12-25(20)16-5-2-4-15(10-16)21-17(22)6-3-7-18(21)23/h2-13,26H,1H3/t13-/m1/s1. The first-order chi connectivity index (χ1) is 12.5. The Morgan fingerprint density at radius 3 is 2.42 bits per heavy atom. The number of fused-ring (bicyclic) bond motifs is 1. The Labute approximate surface area is 161 Å². The highest BCUT2D eigenvalue weighted by Crippen LogP contribution is 2.35. The van der Waals surface area contributed by atoms with E-state index in [0.717, 1.165) is 33.4 Å². The number of imidazole rings is 1. The maximum atomic E-state index is 9.76. The summed E-state index contributed by atoms with van der Waals surface area (Å²) < 4.78 is 2.01. The number of benzene rings is 3. The third kappa shape index (κ3) is 2.99. The van der Waals surface area contributed by atoms with Gasteiger partial charge in [0.15, 0.2) is 0 Å². The normalized spacial score (nSPS) is 12.5. The molecule has 4 rings (SSSR count). The molecule has 0 bridgehead atoms. The maximum Gasteiger partial charge on any atom is 0.100 e. The summed E-state index contributed by atoms with van der Waals surface area (Å²) in [7, 11) is 0. The summed E-state index contributed by atoms with van der Waals surface area (Å²) in [4.78, 5) is 4.48. The molecule has 5 heteroatoms. The van der Waals surface area contributed by atoms with Crippen molar-refractivity contribution in [2.24, 2.45) is 0 Å². The van der Waals surface area contributed by atoms with Crippen molar-refractivity contribution in [3.05, 3.63) is 82.6 Å². The van der Waals surface area contributed by atoms with Crippen molar-refractivity contribution in [3.63, 3.8) is 0 Å². The van der Waals surface area contributed by atoms with Crippen LogP contribution in [-0.4, -0.2) is 14.7 Å². The van der Waals surface area contributed by atoms with Crippen molar-refractivity contribution < 1.29 is 5.11 Å². The minimum atomic E-state index is -0.518. The zero-order valence-electron chi connectivity index (χ0n) is 14.0. The molecule has 1 aromatic heterocycles. The molecule has 26 heavy (non-hydrogen) atoms. The third-order valence-electron chi connectivity index (χ3n) is 4.43. The lowest BCUT2D eigenvalue weighted by Gasteiger charge is -2.11. The highest BCUT2D eigenvalue weighted by atomic mass is 35.5. The molecule has 0 radical (unpaired) electrons. The van der Waals surface area contributed by atoms with E-state index < -0.39 is 6.10 Å². The molecule has 0 spiro atoms. The lowest BCUT2D eigenvalue weighted by Crippen LogP contribution is -1.94. The largest absolute Gasteiger partial charge is 0.389 e. The van der Waals surface area contributed by atoms with Crippen LogP contribution in [0.3, 0.4) is 0 Å². The number of rotatable bonds is 3. The van der Waals surface area contributed by atoms with Crippen molar-refractivity contribution in [2.45, 2.75) is 13.0 Å². The van der Waals surface area contributed by atoms with E-state index >= 15 is 0 Å². The lowest BCUT2D eigenvalue weighted by molar-refractivity contribution is 0.199. The number of aliphatic hydroxyl groups is 1. The summed E-state index contributed by atoms with van der Waals surface area (Å²) in [5, 5.41) is 11.0. The molecule has 3 nitrogen and oxygen atoms in total. The predicted molar refractivity (Wildman–Crippen MR) is 107 cm³/mol. The fraction of sp³-hybridized carbons (Fsp3) is 0.0952. The Kier molecular flexibility index (Phi) is 4.45. The summed E-state index contributed by atoms with van der Waals surface area (Å²) in [5.41, 5.74) is 5.38. The maximum absolute atomic E-state index is 9.76. The van der Waals surface area contributed by atoms with E-state index in [1.807, 2.05) is 65.2 Å². The highest BCUT2D eigenvalue weighted by Gasteiger charge is 2.11. The Morgan fingerprint density at radius 2 is 1.69 bits per heavy atom. The summed E-state index contributed by atoms with van der Waals surface area (Å²) in [6.07, 6.45) is 1.26. The van der Waals surface area contributed by atoms with Crippen LogP contribution in [0, 0.1) is 0 Å². The predicted octanol–water partition coefficient (Wildman–Crippen LogP) is 6.05. The first kappa shape index (κ1) is 17.1. The molecule has 130 valence electrons. The van der Waals surface area contributed by atoms with Crippen molar-refractivity contribution in [2.75, 3.05) is 0 Å². The van der Waals surface area contributed by atoms with Crippen molar-refractivity contribution in [1.82, 2.24) is 9.55 Å². The fourth-order valence-corrected chi connectivity index (χ4v) is 3.70. The van der Waals surface area contributed by atoms with E-state index in [0.29, 0.717) is 10.0 Å². The van der Waals surface area contributed by atoms with Crippen LogP contribution in [0.15, 0.2) is 67.0 Å². The molecule has 3 aromatic carbocycles. The van der Waals surface area contributed by atoms with Gasteiger partial charge in [0, 0.05) is 21.3 Å². The molecule has 0 aliphatic rings. The molecule has 0 saturated heterocycles. The van der Waals surface area contributed by atoms with Gasteiger partial charge in [-0.15, -0.1) is 0 Å². The van der Waals surface area contributed by atoms with Crippen LogP contribution >= 0.6 is 23.2 Å². The number of hydrogen-bond donors (Lipinski definition) is 1. The first-order valence-corrected chi connectivity index (χ1v) is 9.00. The zero-order valence-corrected chi connectivity index (χ0v) is 15.5. The molecule has 4 aromatic rings. The Balaban J connectivity index is 1.84. The lowest BCUT2D eigenvalue weighted by atomic mass is 10.0. The van der Waals surface area contributed by atoms with Crippen molar-refractivity contribution in [3.8, 4) is 16.8 Å². The van der Waals surface area contributed by atoms with Crippen LogP contribution in [0.1, 0.15) is 18.6 Å². The Hall–Kier alpha value is -2.33. The average molecular weight is 383 g/mol. The van der Waals surface area contributed by atoms with Crippen molar-refractivity contribution >= 4 is 34.2 Å². The second-order valence-electron chi connectivity index (χ2n) is 6.19. The second-order valence-corrected chi connectivity index (χ2v) is 7.00. The van der Waals surface area contributed by atoms with E-state index in [-0.39, 0.29) is 0 Å². The summed E-state index contributed by atoms with van der Waals surface area (Å²) in [6, 6.07) is 19.3. The molecule has 0 aliphatic carbocycles. The molecule has 1 heterocycles. The van der Waals surface area contributed by atoms with Gasteiger partial charge in [0.05, 0.1) is 17.1 Å². The van der Waals surface area contributed by atoms with Gasteiger partial charge in [0.1, 0.15) is 6.33 Å². The third-order valence-corrected chi connectivity index (χ3v) is 5.06. The number of aromatic nitrogens is 2. The van der Waals surface area contributed by atoms with Crippen LogP contribution in [0.4, 0.5) is 0 Å². The number of hydrogen-bond acceptors (Lipinski definition) is 2. The molecule has 0 aliphatic heterocycles. The molecule has 0 fully saturated rings. The molecule has 0 unspecified atom stereocenters. The minimum Gasteiger partial charge on any atom is -0.389 e. The van der Waals surface area contributed by atoms with Gasteiger partial charge < -0.3 is 5.11 Å². The number of aliphatic hydroxyl groups excluding tert-OH is 1. The van der Waals surface area contributed by atoms with E-state index in [9.17, 15) is 5.11 Å². The monoisotopic (exact) mass is 382 g/mol. The SMILES string of the molecule is C[C@@H](O)c1ccc2c(c1)ncn2-c1cccc(-c2c(Cl)cccc2Cl)c1. The van der Waals surface area contributed by atoms with Crippen LogP contribution in [0.2, 0.25) is 10.0 Å². The van der Waals surface area contributed by atoms with Gasteiger partial charge >= 0.3 is 0 Å². The van der Waals surface area contributed by atoms with Crippen LogP contribution in [0.5, 0.6) is 0 Å². The molecule has 0 saturated carbocycles. The van der Waals surface area contributed by atoms with Crippen LogP contribution in [0.25, 0.3) is 27.8 Å². The van der Waals surface area contributed by atoms with Gasteiger partial charge in [-0.25, -0.2) is 4.98 Å². The van der Waals surface area contributed by atoms with E-state index in [1.54, 1.807) is 13.3 Å². The molecular weight excluding hydrogens is 367 g/mol. The smallest absolute Gasteiger partial charge is 0.100 e. The first-order valence-electron chi connectivity index (χ1n) is 8.24. The van der Waals surface area contributed by atoms with E-state index in [2.05, 4.69) is 4.98 Å². The van der Waals surface area contributed by atoms with Crippen LogP contribution in [-0.2, 0) is 0 Å². The van der Waals surface area contributed by atoms with Gasteiger partial charge in [-0.05, 0) is 54.4 Å². The quantitative estimate of drug-likeness (QED) is 0.468. The molecule has 1 atom stereocenters. The van der Waals surface area contributed by atoms with Gasteiger partial charge in [-0.2, -0.15) is 0 Å². The summed E-state index contributed by atoms with van der Waals surface area (Å²) >= 11 is 12.7. The van der Waals surface area contributed by atoms with E-state index in [1.165, 1.54) is 0 Å². The summed E-state index contributed by atoms with van der Waals surface area (Å²) in [6.45, 7) is 1.75. The molecule has 1 N–H and O–H groups in total. The van der Waals surface area contributed by atoms with Gasteiger partial charge in [0.25, 0.3) is 0 Å². The average Bonchev–Trinajstić information content (AvgIpc) is 3.05. The highest BCUT2D eigenvalue weighted by molar-refractivity contribution is 6.39. The van der Waals surface area contributed by atoms with Crippen molar-refractivity contribution in [1.29, 1.82) is 0 Å². The summed E-state index contributed by atoms with van der Waals surface area (Å²) in [5.74, 6) is 0. The molecular formula is C21H16Cl2N2O. The number of halogens is 2. The Morgan fingerprint density at radius 1 is 0.962 bits per heavy atom. The Bertz CT molecular complexity index is 1080. The zero-order chi connectivity index (χ0) is 18.3. The second kappa shape index (κ2) is 6.76. The minimum absolute atomic E-state index is 0.518. The van der Waals surface area contributed by atoms with Gasteiger partial charge in [-0.3, -0.25) is 4.57 Å². The van der Waals surface area contributed by atoms with Gasteiger partial charge in [-0.1, -0.05) is 47.5 Å². The van der Waals surface area contributed by atoms with Crippen LogP contribution < -0.4 is 0 Å². The molecule has 0 amide bonds. The van der Waals surface area contributed by atoms with E-state index in [4.69, 9.17) is 23.2 Å². The van der Waals surface area contributed by atoms with Gasteiger partial charge in [0.2, 0.25) is 0 Å². The number of nitrogens with zero attached hydrogens (tertiary/aromatic N) is 2. The topological polar surface area (TPSA) is 38.1 Å². The fourth-order valence-electron chi connectivity index (χ4n) is 3.08.